The van der Waals surface area contributed by atoms with E-state index in [1.165, 1.54) is 0 Å². The first kappa shape index (κ1) is 7.88. The van der Waals surface area contributed by atoms with Gasteiger partial charge in [0.15, 0.2) is 0 Å². The number of primary amides is 1. The Morgan fingerprint density at radius 3 is 2.60 bits per heavy atom. The van der Waals surface area contributed by atoms with E-state index in [4.69, 9.17) is 5.73 Å². The number of rotatable bonds is 1. The van der Waals surface area contributed by atoms with E-state index in [1.807, 2.05) is 11.9 Å². The zero-order valence-corrected chi connectivity index (χ0v) is 6.84. The lowest BCUT2D eigenvalue weighted by Crippen LogP contribution is -2.37. The molecule has 2 atom stereocenters. The number of likely N-dealkylation sites (tertiary alicyclic amines) is 1. The fourth-order valence-corrected chi connectivity index (χ4v) is 1.76. The molecule has 1 unspecified atom stereocenters. The van der Waals surface area contributed by atoms with Gasteiger partial charge < -0.3 is 5.73 Å². The summed E-state index contributed by atoms with van der Waals surface area (Å²) in [5, 5.41) is 0.308. The molecule has 0 bridgehead atoms. The fourth-order valence-electron chi connectivity index (χ4n) is 1.31. The molecule has 1 aliphatic rings. The highest BCUT2D eigenvalue weighted by Gasteiger charge is 2.30. The minimum Gasteiger partial charge on any atom is -0.368 e. The number of nitrogens with two attached hydrogens (primary N) is 1. The van der Waals surface area contributed by atoms with Crippen molar-refractivity contribution >= 4 is 18.5 Å². The molecule has 10 heavy (non-hydrogen) atoms. The third-order valence-corrected chi connectivity index (χ3v) is 2.23. The number of hydrogen-bond acceptors (Lipinski definition) is 3. The molecule has 4 heteroatoms. The normalized spacial score (nSPS) is 34.6. The maximum absolute atomic E-state index is 10.7. The first-order valence-electron chi connectivity index (χ1n) is 3.29. The second-order valence-corrected chi connectivity index (χ2v) is 3.48. The molecular weight excluding hydrogens is 148 g/mol. The Bertz CT molecular complexity index is 151. The topological polar surface area (TPSA) is 46.3 Å². The lowest BCUT2D eigenvalue weighted by atomic mass is 10.2. The van der Waals surface area contributed by atoms with Crippen LogP contribution in [0.4, 0.5) is 0 Å². The third kappa shape index (κ3) is 1.44. The minimum atomic E-state index is -0.237. The van der Waals surface area contributed by atoms with Crippen LogP contribution in [0.5, 0.6) is 0 Å². The van der Waals surface area contributed by atoms with Gasteiger partial charge in [0, 0.05) is 11.8 Å². The summed E-state index contributed by atoms with van der Waals surface area (Å²) in [5.41, 5.74) is 5.14. The largest absolute Gasteiger partial charge is 0.368 e. The van der Waals surface area contributed by atoms with Crippen molar-refractivity contribution in [3.8, 4) is 0 Å². The van der Waals surface area contributed by atoms with Gasteiger partial charge >= 0.3 is 0 Å². The summed E-state index contributed by atoms with van der Waals surface area (Å²) in [4.78, 5) is 12.6. The summed E-state index contributed by atoms with van der Waals surface area (Å²) in [6, 6.07) is -0.0949. The van der Waals surface area contributed by atoms with Crippen molar-refractivity contribution in [3.05, 3.63) is 0 Å². The number of carbonyl (C=O) groups is 1. The van der Waals surface area contributed by atoms with E-state index >= 15 is 0 Å². The zero-order chi connectivity index (χ0) is 7.72. The number of carbonyl (C=O) groups excluding carboxylic acids is 1. The summed E-state index contributed by atoms with van der Waals surface area (Å²) >= 11 is 4.26. The SMILES string of the molecule is CN1CC(S)C[C@H]1C(N)=O. The van der Waals surface area contributed by atoms with Crippen LogP contribution in [0.1, 0.15) is 6.42 Å². The average Bonchev–Trinajstić information content (AvgIpc) is 2.10. The molecule has 0 aliphatic carbocycles. The Balaban J connectivity index is 2.54. The zero-order valence-electron chi connectivity index (χ0n) is 5.95. The van der Waals surface area contributed by atoms with Crippen LogP contribution in [0.25, 0.3) is 0 Å². The van der Waals surface area contributed by atoms with Gasteiger partial charge in [-0.3, -0.25) is 9.69 Å². The Hall–Kier alpha value is -0.220. The summed E-state index contributed by atoms with van der Waals surface area (Å²) in [6.45, 7) is 0.858. The second-order valence-electron chi connectivity index (χ2n) is 2.75. The molecule has 1 aliphatic heterocycles. The van der Waals surface area contributed by atoms with E-state index in [9.17, 15) is 4.79 Å². The fraction of sp³-hybridized carbons (Fsp3) is 0.833. The smallest absolute Gasteiger partial charge is 0.234 e. The van der Waals surface area contributed by atoms with Crippen LogP contribution in [-0.2, 0) is 4.79 Å². The van der Waals surface area contributed by atoms with Gasteiger partial charge in [-0.05, 0) is 13.5 Å². The van der Waals surface area contributed by atoms with Crippen molar-refractivity contribution in [2.24, 2.45) is 5.73 Å². The van der Waals surface area contributed by atoms with Gasteiger partial charge in [0.1, 0.15) is 0 Å². The average molecular weight is 160 g/mol. The highest BCUT2D eigenvalue weighted by atomic mass is 32.1. The van der Waals surface area contributed by atoms with E-state index in [0.717, 1.165) is 13.0 Å². The maximum atomic E-state index is 10.7. The molecule has 1 rings (SSSR count). The maximum Gasteiger partial charge on any atom is 0.234 e. The van der Waals surface area contributed by atoms with E-state index in [-0.39, 0.29) is 11.9 Å². The predicted octanol–water partition coefficient (Wildman–Crippen LogP) is -0.526. The standard InChI is InChI=1S/C6H12N2OS/c1-8-3-4(10)2-5(8)6(7)9/h4-5,10H,2-3H2,1H3,(H2,7,9)/t4?,5-/m0/s1. The van der Waals surface area contributed by atoms with Crippen molar-refractivity contribution < 1.29 is 4.79 Å². The molecule has 1 heterocycles. The Labute approximate surface area is 66.0 Å². The lowest BCUT2D eigenvalue weighted by molar-refractivity contribution is -0.121. The predicted molar refractivity (Wildman–Crippen MR) is 43.0 cm³/mol. The Morgan fingerprint density at radius 1 is 1.80 bits per heavy atom. The molecule has 0 radical (unpaired) electrons. The Morgan fingerprint density at radius 2 is 2.40 bits per heavy atom. The second kappa shape index (κ2) is 2.80. The van der Waals surface area contributed by atoms with Crippen molar-refractivity contribution in [2.45, 2.75) is 17.7 Å². The molecule has 1 saturated heterocycles. The van der Waals surface area contributed by atoms with Gasteiger partial charge in [0.05, 0.1) is 6.04 Å². The van der Waals surface area contributed by atoms with Crippen molar-refractivity contribution in [3.63, 3.8) is 0 Å². The van der Waals surface area contributed by atoms with Crippen molar-refractivity contribution in [1.82, 2.24) is 4.90 Å². The van der Waals surface area contributed by atoms with E-state index in [1.54, 1.807) is 0 Å². The molecule has 1 amide bonds. The summed E-state index contributed by atoms with van der Waals surface area (Å²) in [6.07, 6.45) is 0.787. The molecule has 0 aromatic carbocycles. The monoisotopic (exact) mass is 160 g/mol. The first-order valence-corrected chi connectivity index (χ1v) is 3.80. The molecular formula is C6H12N2OS. The van der Waals surface area contributed by atoms with E-state index in [0.29, 0.717) is 5.25 Å². The van der Waals surface area contributed by atoms with Crippen molar-refractivity contribution in [1.29, 1.82) is 0 Å². The summed E-state index contributed by atoms with van der Waals surface area (Å²) in [7, 11) is 1.89. The lowest BCUT2D eigenvalue weighted by Gasteiger charge is -2.14. The third-order valence-electron chi connectivity index (χ3n) is 1.85. The van der Waals surface area contributed by atoms with Gasteiger partial charge in [-0.15, -0.1) is 0 Å². The quantitative estimate of drug-likeness (QED) is 0.507. The van der Waals surface area contributed by atoms with Crippen molar-refractivity contribution in [2.75, 3.05) is 13.6 Å². The minimum absolute atomic E-state index is 0.0949. The number of amides is 1. The summed E-state index contributed by atoms with van der Waals surface area (Å²) in [5.74, 6) is -0.237. The van der Waals surface area contributed by atoms with Gasteiger partial charge in [0.2, 0.25) is 5.91 Å². The number of hydrogen-bond donors (Lipinski definition) is 2. The van der Waals surface area contributed by atoms with Crippen LogP contribution in [0.3, 0.4) is 0 Å². The Kier molecular flexibility index (Phi) is 2.21. The molecule has 0 aromatic rings. The van der Waals surface area contributed by atoms with Crippen LogP contribution in [0.15, 0.2) is 0 Å². The number of likely N-dealkylation sites (N-methyl/N-ethyl adjacent to an activating group) is 1. The van der Waals surface area contributed by atoms with Crippen LogP contribution >= 0.6 is 12.6 Å². The number of thiol groups is 1. The molecule has 3 nitrogen and oxygen atoms in total. The number of nitrogens with zero attached hydrogens (tertiary/aromatic N) is 1. The highest BCUT2D eigenvalue weighted by molar-refractivity contribution is 7.81. The first-order chi connectivity index (χ1) is 4.61. The van der Waals surface area contributed by atoms with Gasteiger partial charge in [0.25, 0.3) is 0 Å². The van der Waals surface area contributed by atoms with Crippen LogP contribution < -0.4 is 5.73 Å². The molecule has 0 spiro atoms. The molecule has 2 N–H and O–H groups in total. The molecule has 58 valence electrons. The highest BCUT2D eigenvalue weighted by Crippen LogP contribution is 2.18. The van der Waals surface area contributed by atoms with Crippen LogP contribution in [0.2, 0.25) is 0 Å². The van der Waals surface area contributed by atoms with E-state index in [2.05, 4.69) is 12.6 Å². The van der Waals surface area contributed by atoms with Gasteiger partial charge in [-0.1, -0.05) is 0 Å². The van der Waals surface area contributed by atoms with E-state index < -0.39 is 0 Å². The molecule has 1 fully saturated rings. The van der Waals surface area contributed by atoms with Gasteiger partial charge in [-0.2, -0.15) is 12.6 Å². The van der Waals surface area contributed by atoms with Gasteiger partial charge in [-0.25, -0.2) is 0 Å². The van der Waals surface area contributed by atoms with Crippen LogP contribution in [0, 0.1) is 0 Å². The van der Waals surface area contributed by atoms with Crippen LogP contribution in [-0.4, -0.2) is 35.7 Å². The summed E-state index contributed by atoms with van der Waals surface area (Å²) < 4.78 is 0. The molecule has 0 saturated carbocycles. The molecule has 0 aromatic heterocycles.